The van der Waals surface area contributed by atoms with Gasteiger partial charge in [-0.25, -0.2) is 0 Å². The Morgan fingerprint density at radius 1 is 1.75 bits per heavy atom. The molecule has 1 atom stereocenters. The van der Waals surface area contributed by atoms with E-state index < -0.39 is 0 Å². The molecule has 1 unspecified atom stereocenters. The van der Waals surface area contributed by atoms with Crippen LogP contribution in [0.15, 0.2) is 0 Å². The summed E-state index contributed by atoms with van der Waals surface area (Å²) in [6, 6.07) is 0. The molecule has 0 aliphatic carbocycles. The van der Waals surface area contributed by atoms with Gasteiger partial charge in [0.1, 0.15) is 0 Å². The predicted molar refractivity (Wildman–Crippen MR) is 31.3 cm³/mol. The molecule has 3 radical (unpaired) electrons. The van der Waals surface area contributed by atoms with Crippen LogP contribution in [0.4, 0.5) is 0 Å². The zero-order chi connectivity index (χ0) is 6.41. The molecule has 0 aromatic heterocycles. The minimum absolute atomic E-state index is 0.138. The van der Waals surface area contributed by atoms with E-state index in [1.54, 1.807) is 0 Å². The van der Waals surface area contributed by atoms with E-state index in [-0.39, 0.29) is 12.5 Å². The first kappa shape index (κ1) is 8.80. The van der Waals surface area contributed by atoms with Crippen LogP contribution in [-0.4, -0.2) is 51.1 Å². The fourth-order valence-electron chi connectivity index (χ4n) is 0.313. The fourth-order valence-corrected chi connectivity index (χ4v) is 1.23. The average Bonchev–Trinajstić information content (AvgIpc) is 1.83. The second kappa shape index (κ2) is 5.93. The minimum atomic E-state index is 0.138. The molecule has 4 heteroatoms. The first-order valence-corrected chi connectivity index (χ1v) is 4.03. The predicted octanol–water partition coefficient (Wildman–Crippen LogP) is -1.35. The van der Waals surface area contributed by atoms with E-state index in [1.807, 2.05) is 0 Å². The van der Waals surface area contributed by atoms with Crippen LogP contribution in [-0.2, 0) is 2.69 Å². The molecule has 3 nitrogen and oxygen atoms in total. The van der Waals surface area contributed by atoms with Gasteiger partial charge in [-0.05, 0) is 0 Å². The third kappa shape index (κ3) is 3.76. The first-order valence-electron chi connectivity index (χ1n) is 2.44. The molecular formula is C4H10NO2Pb. The third-order valence-electron chi connectivity index (χ3n) is 0.911. The van der Waals surface area contributed by atoms with E-state index in [9.17, 15) is 0 Å². The van der Waals surface area contributed by atoms with Gasteiger partial charge in [0.05, 0.1) is 0 Å². The molecule has 0 saturated carbocycles. The van der Waals surface area contributed by atoms with Gasteiger partial charge in [-0.15, -0.1) is 0 Å². The summed E-state index contributed by atoms with van der Waals surface area (Å²) in [5.41, 5.74) is 5.24. The molecule has 0 heterocycles. The quantitative estimate of drug-likeness (QED) is 0.632. The fraction of sp³-hybridized carbons (Fsp3) is 1.00. The molecule has 0 aliphatic rings. The standard InChI is InChI=1S/C4H10NO2.Pb/c5-1-4(2-6)3-7;/h4,6H,1-3,5H2;/q-1;+1. The molecule has 0 aromatic rings. The van der Waals surface area contributed by atoms with Crippen molar-refractivity contribution in [1.29, 1.82) is 0 Å². The average molecular weight is 311 g/mol. The van der Waals surface area contributed by atoms with Gasteiger partial charge in [-0.3, -0.25) is 0 Å². The second-order valence-corrected chi connectivity index (χ2v) is 2.72. The zero-order valence-electron chi connectivity index (χ0n) is 4.63. The van der Waals surface area contributed by atoms with Crippen LogP contribution in [0.5, 0.6) is 0 Å². The van der Waals surface area contributed by atoms with Crippen molar-refractivity contribution in [3.05, 3.63) is 0 Å². The van der Waals surface area contributed by atoms with Gasteiger partial charge in [0.15, 0.2) is 0 Å². The Hall–Kier alpha value is 0.802. The van der Waals surface area contributed by atoms with E-state index in [2.05, 4.69) is 0 Å². The maximum absolute atomic E-state index is 8.51. The van der Waals surface area contributed by atoms with Gasteiger partial charge < -0.3 is 0 Å². The number of aliphatic hydroxyl groups excluding tert-OH is 1. The van der Waals surface area contributed by atoms with Gasteiger partial charge in [0.25, 0.3) is 0 Å². The Bertz CT molecular complexity index is 49.3. The summed E-state index contributed by atoms with van der Waals surface area (Å²) in [4.78, 5) is 0. The number of rotatable bonds is 4. The van der Waals surface area contributed by atoms with Gasteiger partial charge >= 0.3 is 65.4 Å². The van der Waals surface area contributed by atoms with E-state index in [0.29, 0.717) is 13.2 Å². The molecule has 0 bridgehead atoms. The Morgan fingerprint density at radius 2 is 2.38 bits per heavy atom. The molecular weight excluding hydrogens is 301 g/mol. The number of nitrogens with two attached hydrogens (primary N) is 1. The van der Waals surface area contributed by atoms with Crippen molar-refractivity contribution in [3.63, 3.8) is 0 Å². The van der Waals surface area contributed by atoms with Crippen molar-refractivity contribution < 1.29 is 7.79 Å². The van der Waals surface area contributed by atoms with E-state index in [0.717, 1.165) is 26.2 Å². The molecule has 0 fully saturated rings. The van der Waals surface area contributed by atoms with Crippen molar-refractivity contribution in [2.45, 2.75) is 0 Å². The summed E-state index contributed by atoms with van der Waals surface area (Å²) < 4.78 is 4.88. The molecule has 0 rings (SSSR count). The topological polar surface area (TPSA) is 55.5 Å². The summed E-state index contributed by atoms with van der Waals surface area (Å²) >= 11 is 0.729. The normalized spacial score (nSPS) is 13.9. The number of hydrogen-bond donors (Lipinski definition) is 2. The van der Waals surface area contributed by atoms with Gasteiger partial charge in [0, 0.05) is 0 Å². The molecule has 0 aromatic carbocycles. The SMILES string of the molecule is NCC(CO)C[O][Pb]. The van der Waals surface area contributed by atoms with Gasteiger partial charge in [0.2, 0.25) is 0 Å². The van der Waals surface area contributed by atoms with E-state index in [1.165, 1.54) is 0 Å². The summed E-state index contributed by atoms with van der Waals surface area (Å²) in [5, 5.41) is 8.51. The first-order chi connectivity index (χ1) is 3.85. The molecule has 0 spiro atoms. The van der Waals surface area contributed by atoms with Crippen LogP contribution in [0.1, 0.15) is 0 Å². The van der Waals surface area contributed by atoms with Crippen LogP contribution in [0, 0.1) is 5.92 Å². The van der Waals surface area contributed by atoms with Crippen molar-refractivity contribution in [1.82, 2.24) is 0 Å². The Morgan fingerprint density at radius 3 is 2.50 bits per heavy atom. The summed E-state index contributed by atoms with van der Waals surface area (Å²) in [6.07, 6.45) is 0. The third-order valence-corrected chi connectivity index (χ3v) is 1.56. The summed E-state index contributed by atoms with van der Waals surface area (Å²) in [5.74, 6) is 0.146. The van der Waals surface area contributed by atoms with Crippen molar-refractivity contribution >= 4 is 26.2 Å². The Balaban J connectivity index is 3.07. The molecule has 3 N–H and O–H groups in total. The van der Waals surface area contributed by atoms with E-state index in [4.69, 9.17) is 13.5 Å². The molecule has 47 valence electrons. The van der Waals surface area contributed by atoms with E-state index >= 15 is 0 Å². The van der Waals surface area contributed by atoms with Crippen LogP contribution < -0.4 is 5.73 Å². The van der Waals surface area contributed by atoms with Crippen LogP contribution in [0.3, 0.4) is 0 Å². The van der Waals surface area contributed by atoms with Gasteiger partial charge in [-0.2, -0.15) is 0 Å². The Labute approximate surface area is 65.5 Å². The molecule has 0 aliphatic heterocycles. The van der Waals surface area contributed by atoms with Crippen LogP contribution in [0.25, 0.3) is 0 Å². The van der Waals surface area contributed by atoms with Crippen LogP contribution >= 0.6 is 0 Å². The maximum atomic E-state index is 8.51. The second-order valence-electron chi connectivity index (χ2n) is 1.60. The van der Waals surface area contributed by atoms with Crippen LogP contribution in [0.2, 0.25) is 0 Å². The molecule has 8 heavy (non-hydrogen) atoms. The molecule has 0 amide bonds. The summed E-state index contributed by atoms with van der Waals surface area (Å²) in [7, 11) is 0. The van der Waals surface area contributed by atoms with Crippen molar-refractivity contribution in [2.75, 3.05) is 19.8 Å². The van der Waals surface area contributed by atoms with Gasteiger partial charge in [-0.1, -0.05) is 0 Å². The van der Waals surface area contributed by atoms with Crippen molar-refractivity contribution in [3.8, 4) is 0 Å². The zero-order valence-corrected chi connectivity index (χ0v) is 8.52. The monoisotopic (exact) mass is 312 g/mol. The Kier molecular flexibility index (Phi) is 6.52. The number of aliphatic hydroxyl groups is 1. The number of hydrogen-bond acceptors (Lipinski definition) is 3. The summed E-state index contributed by atoms with van der Waals surface area (Å²) in [6.45, 7) is 1.26. The molecule has 0 saturated heterocycles. The van der Waals surface area contributed by atoms with Crippen molar-refractivity contribution in [2.24, 2.45) is 11.7 Å².